The minimum atomic E-state index is -1.34. The summed E-state index contributed by atoms with van der Waals surface area (Å²) in [5, 5.41) is 12.8. The van der Waals surface area contributed by atoms with Gasteiger partial charge in [0.1, 0.15) is 6.10 Å². The SMILES string of the molecule is CC(C)(C)C(O)[C@@H](OC(N)=O)C(=O)NCc1ccccc1. The van der Waals surface area contributed by atoms with Gasteiger partial charge in [-0.2, -0.15) is 0 Å². The summed E-state index contributed by atoms with van der Waals surface area (Å²) in [6.07, 6.45) is -3.61. The van der Waals surface area contributed by atoms with Crippen LogP contribution in [0.2, 0.25) is 0 Å². The molecule has 1 aromatic rings. The lowest BCUT2D eigenvalue weighted by atomic mass is 9.85. The van der Waals surface area contributed by atoms with Gasteiger partial charge in [0.05, 0.1) is 0 Å². The van der Waals surface area contributed by atoms with Gasteiger partial charge in [-0.25, -0.2) is 4.79 Å². The Morgan fingerprint density at radius 3 is 2.33 bits per heavy atom. The van der Waals surface area contributed by atoms with E-state index in [9.17, 15) is 14.7 Å². The van der Waals surface area contributed by atoms with Crippen molar-refractivity contribution in [2.45, 2.75) is 39.5 Å². The number of rotatable bonds is 5. The van der Waals surface area contributed by atoms with Crippen LogP contribution in [0.1, 0.15) is 26.3 Å². The normalized spacial score (nSPS) is 14.1. The second kappa shape index (κ2) is 7.08. The van der Waals surface area contributed by atoms with Crippen LogP contribution in [0, 0.1) is 5.41 Å². The maximum Gasteiger partial charge on any atom is 0.405 e. The van der Waals surface area contributed by atoms with E-state index in [2.05, 4.69) is 5.32 Å². The van der Waals surface area contributed by atoms with E-state index in [0.29, 0.717) is 0 Å². The van der Waals surface area contributed by atoms with Crippen LogP contribution < -0.4 is 11.1 Å². The lowest BCUT2D eigenvalue weighted by Gasteiger charge is -2.31. The summed E-state index contributed by atoms with van der Waals surface area (Å²) in [6, 6.07) is 9.27. The van der Waals surface area contributed by atoms with Crippen molar-refractivity contribution in [3.05, 3.63) is 35.9 Å². The highest BCUT2D eigenvalue weighted by Crippen LogP contribution is 2.23. The Morgan fingerprint density at radius 2 is 1.86 bits per heavy atom. The molecule has 0 heterocycles. The monoisotopic (exact) mass is 294 g/mol. The molecule has 0 radical (unpaired) electrons. The van der Waals surface area contributed by atoms with E-state index in [-0.39, 0.29) is 6.54 Å². The molecule has 2 atom stereocenters. The highest BCUT2D eigenvalue weighted by molar-refractivity contribution is 5.83. The molecular weight excluding hydrogens is 272 g/mol. The molecule has 0 fully saturated rings. The zero-order valence-electron chi connectivity index (χ0n) is 12.5. The minimum absolute atomic E-state index is 0.273. The third-order valence-electron chi connectivity index (χ3n) is 2.99. The van der Waals surface area contributed by atoms with E-state index in [1.807, 2.05) is 30.3 Å². The van der Waals surface area contributed by atoms with E-state index in [1.165, 1.54) is 0 Å². The molecule has 21 heavy (non-hydrogen) atoms. The molecule has 2 amide bonds. The maximum absolute atomic E-state index is 12.1. The molecule has 1 rings (SSSR count). The quantitative estimate of drug-likeness (QED) is 0.758. The molecule has 0 aromatic heterocycles. The molecule has 0 bridgehead atoms. The number of aliphatic hydroxyl groups is 1. The summed E-state index contributed by atoms with van der Waals surface area (Å²) in [5.74, 6) is -0.583. The molecule has 6 heteroatoms. The van der Waals surface area contributed by atoms with Gasteiger partial charge >= 0.3 is 6.09 Å². The van der Waals surface area contributed by atoms with Crippen LogP contribution in [0.5, 0.6) is 0 Å². The average Bonchev–Trinajstić information content (AvgIpc) is 2.41. The molecule has 116 valence electrons. The zero-order chi connectivity index (χ0) is 16.0. The Morgan fingerprint density at radius 1 is 1.29 bits per heavy atom. The highest BCUT2D eigenvalue weighted by Gasteiger charge is 2.37. The Labute approximate surface area is 124 Å². The van der Waals surface area contributed by atoms with Crippen molar-refractivity contribution in [3.63, 3.8) is 0 Å². The fourth-order valence-corrected chi connectivity index (χ4v) is 1.73. The van der Waals surface area contributed by atoms with Gasteiger partial charge in [0.2, 0.25) is 6.10 Å². The number of carbonyl (C=O) groups excluding carboxylic acids is 2. The van der Waals surface area contributed by atoms with Gasteiger partial charge in [0, 0.05) is 6.54 Å². The first kappa shape index (κ1) is 17.0. The molecule has 0 saturated heterocycles. The molecule has 0 spiro atoms. The summed E-state index contributed by atoms with van der Waals surface area (Å²) >= 11 is 0. The van der Waals surface area contributed by atoms with Gasteiger partial charge < -0.3 is 20.9 Å². The van der Waals surface area contributed by atoms with Crippen molar-refractivity contribution < 1.29 is 19.4 Å². The first-order chi connectivity index (χ1) is 9.71. The number of benzene rings is 1. The van der Waals surface area contributed by atoms with Gasteiger partial charge in [-0.05, 0) is 11.0 Å². The largest absolute Gasteiger partial charge is 0.433 e. The van der Waals surface area contributed by atoms with Crippen LogP contribution in [0.15, 0.2) is 30.3 Å². The molecule has 1 unspecified atom stereocenters. The van der Waals surface area contributed by atoms with Crippen LogP contribution in [-0.2, 0) is 16.1 Å². The highest BCUT2D eigenvalue weighted by atomic mass is 16.6. The number of nitrogens with one attached hydrogen (secondary N) is 1. The Hall–Kier alpha value is -2.08. The van der Waals surface area contributed by atoms with Crippen LogP contribution in [0.3, 0.4) is 0 Å². The maximum atomic E-state index is 12.1. The fraction of sp³-hybridized carbons (Fsp3) is 0.467. The lowest BCUT2D eigenvalue weighted by molar-refractivity contribution is -0.140. The smallest absolute Gasteiger partial charge is 0.405 e. The average molecular weight is 294 g/mol. The number of primary amides is 1. The van der Waals surface area contributed by atoms with Crippen LogP contribution in [0.25, 0.3) is 0 Å². The van der Waals surface area contributed by atoms with Crippen molar-refractivity contribution in [3.8, 4) is 0 Å². The number of hydrogen-bond donors (Lipinski definition) is 3. The third kappa shape index (κ3) is 5.43. The van der Waals surface area contributed by atoms with E-state index in [0.717, 1.165) is 5.56 Å². The van der Waals surface area contributed by atoms with E-state index in [4.69, 9.17) is 10.5 Å². The second-order valence-electron chi connectivity index (χ2n) is 5.87. The predicted octanol–water partition coefficient (Wildman–Crippen LogP) is 1.17. The van der Waals surface area contributed by atoms with E-state index >= 15 is 0 Å². The minimum Gasteiger partial charge on any atom is -0.433 e. The molecule has 0 aliphatic carbocycles. The van der Waals surface area contributed by atoms with Crippen molar-refractivity contribution in [2.75, 3.05) is 0 Å². The molecule has 0 aliphatic rings. The fourth-order valence-electron chi connectivity index (χ4n) is 1.73. The number of ether oxygens (including phenoxy) is 1. The van der Waals surface area contributed by atoms with Crippen molar-refractivity contribution in [1.82, 2.24) is 5.32 Å². The van der Waals surface area contributed by atoms with Crippen LogP contribution in [0.4, 0.5) is 4.79 Å². The third-order valence-corrected chi connectivity index (χ3v) is 2.99. The molecule has 1 aromatic carbocycles. The molecular formula is C15H22N2O4. The molecule has 0 aliphatic heterocycles. The summed E-state index contributed by atoms with van der Waals surface area (Å²) < 4.78 is 4.77. The lowest BCUT2D eigenvalue weighted by Crippen LogP contribution is -2.50. The number of nitrogens with two attached hydrogens (primary N) is 1. The van der Waals surface area contributed by atoms with Crippen LogP contribution in [-0.4, -0.2) is 29.3 Å². The van der Waals surface area contributed by atoms with Gasteiger partial charge in [0.15, 0.2) is 0 Å². The predicted molar refractivity (Wildman–Crippen MR) is 78.2 cm³/mol. The molecule has 4 N–H and O–H groups in total. The van der Waals surface area contributed by atoms with Gasteiger partial charge in [-0.1, -0.05) is 51.1 Å². The van der Waals surface area contributed by atoms with Gasteiger partial charge in [0.25, 0.3) is 5.91 Å². The number of aliphatic hydroxyl groups excluding tert-OH is 1. The molecule has 0 saturated carbocycles. The second-order valence-corrected chi connectivity index (χ2v) is 5.87. The van der Waals surface area contributed by atoms with Gasteiger partial charge in [-0.3, -0.25) is 4.79 Å². The zero-order valence-corrected chi connectivity index (χ0v) is 12.5. The van der Waals surface area contributed by atoms with E-state index < -0.39 is 29.6 Å². The van der Waals surface area contributed by atoms with E-state index in [1.54, 1.807) is 20.8 Å². The Kier molecular flexibility index (Phi) is 5.72. The topological polar surface area (TPSA) is 102 Å². The Bertz CT molecular complexity index is 482. The summed E-state index contributed by atoms with van der Waals surface area (Å²) in [4.78, 5) is 23.1. The number of hydrogen-bond acceptors (Lipinski definition) is 4. The summed E-state index contributed by atoms with van der Waals surface area (Å²) in [5.41, 5.74) is 5.23. The van der Waals surface area contributed by atoms with Crippen LogP contribution >= 0.6 is 0 Å². The number of amides is 2. The summed E-state index contributed by atoms with van der Waals surface area (Å²) in [7, 11) is 0. The Balaban J connectivity index is 2.74. The molecule has 6 nitrogen and oxygen atoms in total. The van der Waals surface area contributed by atoms with Crippen molar-refractivity contribution in [2.24, 2.45) is 11.1 Å². The van der Waals surface area contributed by atoms with Gasteiger partial charge in [-0.15, -0.1) is 0 Å². The standard InChI is InChI=1S/C15H22N2O4/c1-15(2,3)12(18)11(21-14(16)20)13(19)17-9-10-7-5-4-6-8-10/h4-8,11-12,18H,9H2,1-3H3,(H2,16,20)(H,17,19)/t11-,12?/m1/s1. The number of carbonyl (C=O) groups is 2. The van der Waals surface area contributed by atoms with Crippen molar-refractivity contribution >= 4 is 12.0 Å². The van der Waals surface area contributed by atoms with Crippen molar-refractivity contribution in [1.29, 1.82) is 0 Å². The first-order valence-corrected chi connectivity index (χ1v) is 6.67. The summed E-state index contributed by atoms with van der Waals surface area (Å²) in [6.45, 7) is 5.48. The first-order valence-electron chi connectivity index (χ1n) is 6.67.